The van der Waals surface area contributed by atoms with Crippen molar-refractivity contribution in [3.63, 3.8) is 0 Å². The molecule has 0 saturated heterocycles. The topological polar surface area (TPSA) is 60.4 Å². The van der Waals surface area contributed by atoms with Crippen LogP contribution in [0.25, 0.3) is 0 Å². The maximum Gasteiger partial charge on any atom is 0.136 e. The van der Waals surface area contributed by atoms with Crippen molar-refractivity contribution in [1.82, 2.24) is 19.6 Å². The molecule has 0 bridgehead atoms. The highest BCUT2D eigenvalue weighted by molar-refractivity contribution is 6.34. The minimum absolute atomic E-state index is 0.544. The molecule has 0 N–H and O–H groups in total. The van der Waals surface area contributed by atoms with Crippen LogP contribution in [0, 0.1) is 13.8 Å². The molecule has 0 radical (unpaired) electrons. The Balaban J connectivity index is 2.41. The van der Waals surface area contributed by atoms with E-state index in [0.717, 1.165) is 22.5 Å². The predicted octanol–water partition coefficient (Wildman–Crippen LogP) is 3.31. The van der Waals surface area contributed by atoms with Crippen LogP contribution in [0.15, 0.2) is 10.2 Å². The Hall–Kier alpha value is -1.66. The molecule has 0 aliphatic rings. The molecule has 0 unspecified atom stereocenters. The molecule has 2 aromatic rings. The van der Waals surface area contributed by atoms with E-state index in [0.29, 0.717) is 21.7 Å². The Morgan fingerprint density at radius 2 is 1.14 bits per heavy atom. The first-order chi connectivity index (χ1) is 10.2. The van der Waals surface area contributed by atoms with Gasteiger partial charge < -0.3 is 0 Å². The molecule has 8 heteroatoms. The van der Waals surface area contributed by atoms with Gasteiger partial charge >= 0.3 is 0 Å². The summed E-state index contributed by atoms with van der Waals surface area (Å²) in [5, 5.41) is 18.2. The van der Waals surface area contributed by atoms with Crippen molar-refractivity contribution >= 4 is 34.6 Å². The van der Waals surface area contributed by atoms with Gasteiger partial charge in [-0.2, -0.15) is 20.4 Å². The molecule has 22 heavy (non-hydrogen) atoms. The minimum Gasteiger partial charge on any atom is -0.256 e. The highest BCUT2D eigenvalue weighted by Crippen LogP contribution is 2.21. The molecule has 2 heterocycles. The molecule has 2 aromatic heterocycles. The first kappa shape index (κ1) is 16.7. The molecule has 0 amide bonds. The van der Waals surface area contributed by atoms with Crippen LogP contribution in [0.1, 0.15) is 36.4 Å². The molecule has 0 fully saturated rings. The number of halogens is 2. The smallest absolute Gasteiger partial charge is 0.136 e. The lowest BCUT2D eigenvalue weighted by atomic mass is 10.2. The Bertz CT molecular complexity index is 716. The zero-order valence-corrected chi connectivity index (χ0v) is 15.0. The average Bonchev–Trinajstić information content (AvgIpc) is 2.83. The fraction of sp³-hybridized carbons (Fsp3) is 0.429. The van der Waals surface area contributed by atoms with Crippen molar-refractivity contribution in [3.8, 4) is 0 Å². The summed E-state index contributed by atoms with van der Waals surface area (Å²) in [6, 6.07) is 0. The number of hydrogen-bond acceptors (Lipinski definition) is 4. The van der Waals surface area contributed by atoms with Gasteiger partial charge in [-0.1, -0.05) is 23.2 Å². The molecule has 118 valence electrons. The third kappa shape index (κ3) is 2.94. The van der Waals surface area contributed by atoms with E-state index in [4.69, 9.17) is 23.2 Å². The van der Waals surface area contributed by atoms with E-state index in [1.54, 1.807) is 23.5 Å². The molecule has 0 aliphatic heterocycles. The van der Waals surface area contributed by atoms with Crippen LogP contribution in [-0.4, -0.2) is 31.0 Å². The van der Waals surface area contributed by atoms with Crippen LogP contribution in [0.2, 0.25) is 10.3 Å². The third-order valence-electron chi connectivity index (χ3n) is 3.38. The van der Waals surface area contributed by atoms with Crippen molar-refractivity contribution in [1.29, 1.82) is 0 Å². The van der Waals surface area contributed by atoms with E-state index in [-0.39, 0.29) is 0 Å². The molecule has 0 aliphatic carbocycles. The maximum absolute atomic E-state index is 6.23. The van der Waals surface area contributed by atoms with Crippen molar-refractivity contribution in [2.75, 3.05) is 0 Å². The van der Waals surface area contributed by atoms with Gasteiger partial charge in [0.15, 0.2) is 0 Å². The van der Waals surface area contributed by atoms with Gasteiger partial charge in [0.25, 0.3) is 0 Å². The van der Waals surface area contributed by atoms with Crippen LogP contribution in [0.5, 0.6) is 0 Å². The molecular weight excluding hydrogens is 323 g/mol. The van der Waals surface area contributed by atoms with E-state index in [2.05, 4.69) is 20.4 Å². The Morgan fingerprint density at radius 1 is 0.818 bits per heavy atom. The summed E-state index contributed by atoms with van der Waals surface area (Å²) in [6.07, 6.45) is 0. The largest absolute Gasteiger partial charge is 0.256 e. The van der Waals surface area contributed by atoms with Crippen LogP contribution < -0.4 is 0 Å². The number of nitrogens with zero attached hydrogens (tertiary/aromatic N) is 6. The van der Waals surface area contributed by atoms with Gasteiger partial charge in [-0.3, -0.25) is 9.36 Å². The van der Waals surface area contributed by atoms with Crippen LogP contribution in [0.4, 0.5) is 0 Å². The number of aryl methyl sites for hydroxylation is 4. The fourth-order valence-corrected chi connectivity index (χ4v) is 2.95. The Morgan fingerprint density at radius 3 is 1.36 bits per heavy atom. The van der Waals surface area contributed by atoms with Crippen molar-refractivity contribution in [2.24, 2.45) is 24.3 Å². The fourth-order valence-electron chi connectivity index (χ4n) is 2.33. The lowest BCUT2D eigenvalue weighted by Gasteiger charge is -2.00. The van der Waals surface area contributed by atoms with E-state index < -0.39 is 0 Å². The zero-order chi connectivity index (χ0) is 16.6. The SMILES string of the molecule is C/C(=N\N=C(/C)c1c(C)nn(C)c1Cl)c1c(C)nn(C)c1Cl. The second-order valence-corrected chi connectivity index (χ2v) is 5.84. The number of hydrogen-bond donors (Lipinski definition) is 0. The second kappa shape index (κ2) is 6.22. The minimum atomic E-state index is 0.544. The lowest BCUT2D eigenvalue weighted by molar-refractivity contribution is 0.757. The van der Waals surface area contributed by atoms with E-state index in [1.165, 1.54) is 0 Å². The highest BCUT2D eigenvalue weighted by atomic mass is 35.5. The first-order valence-electron chi connectivity index (χ1n) is 6.71. The molecule has 0 spiro atoms. The quantitative estimate of drug-likeness (QED) is 0.635. The summed E-state index contributed by atoms with van der Waals surface area (Å²) in [4.78, 5) is 0. The normalized spacial score (nSPS) is 13.1. The summed E-state index contributed by atoms with van der Waals surface area (Å²) in [6.45, 7) is 7.48. The standard InChI is InChI=1S/C14H18Cl2N6/c1-7(11-9(3)19-21(5)13(11)15)17-18-8(2)12-10(4)20-22(6)14(12)16/h1-6H3/b17-7+,18-8+. The Kier molecular flexibility index (Phi) is 4.72. The van der Waals surface area contributed by atoms with Gasteiger partial charge in [0, 0.05) is 14.1 Å². The number of rotatable bonds is 3. The van der Waals surface area contributed by atoms with Gasteiger partial charge in [-0.05, 0) is 27.7 Å². The lowest BCUT2D eigenvalue weighted by Crippen LogP contribution is -2.00. The Labute approximate surface area is 139 Å². The monoisotopic (exact) mass is 340 g/mol. The van der Waals surface area contributed by atoms with Crippen molar-refractivity contribution < 1.29 is 0 Å². The maximum atomic E-state index is 6.23. The third-order valence-corrected chi connectivity index (χ3v) is 4.25. The van der Waals surface area contributed by atoms with Crippen LogP contribution in [0.3, 0.4) is 0 Å². The number of aromatic nitrogens is 4. The van der Waals surface area contributed by atoms with Gasteiger partial charge in [0.2, 0.25) is 0 Å². The van der Waals surface area contributed by atoms with Crippen LogP contribution in [-0.2, 0) is 14.1 Å². The molecular formula is C14H18Cl2N6. The van der Waals surface area contributed by atoms with Crippen molar-refractivity contribution in [3.05, 3.63) is 32.8 Å². The summed E-state index contributed by atoms with van der Waals surface area (Å²) in [7, 11) is 3.58. The van der Waals surface area contributed by atoms with Crippen LogP contribution >= 0.6 is 23.2 Å². The molecule has 2 rings (SSSR count). The van der Waals surface area contributed by atoms with Gasteiger partial charge in [0.05, 0.1) is 33.9 Å². The van der Waals surface area contributed by atoms with Gasteiger partial charge in [-0.25, -0.2) is 0 Å². The summed E-state index contributed by atoms with van der Waals surface area (Å²) < 4.78 is 3.23. The summed E-state index contributed by atoms with van der Waals surface area (Å²) >= 11 is 12.5. The molecule has 0 saturated carbocycles. The van der Waals surface area contributed by atoms with Crippen molar-refractivity contribution in [2.45, 2.75) is 27.7 Å². The summed E-state index contributed by atoms with van der Waals surface area (Å²) in [5.41, 5.74) is 4.64. The highest BCUT2D eigenvalue weighted by Gasteiger charge is 2.15. The van der Waals surface area contributed by atoms with E-state index in [1.807, 2.05) is 27.7 Å². The second-order valence-electron chi connectivity index (χ2n) is 5.12. The van der Waals surface area contributed by atoms with Gasteiger partial charge in [-0.15, -0.1) is 0 Å². The molecule has 6 nitrogen and oxygen atoms in total. The molecule has 0 aromatic carbocycles. The van der Waals surface area contributed by atoms with Gasteiger partial charge in [0.1, 0.15) is 10.3 Å². The first-order valence-corrected chi connectivity index (χ1v) is 7.47. The zero-order valence-electron chi connectivity index (χ0n) is 13.4. The summed E-state index contributed by atoms with van der Waals surface area (Å²) in [5.74, 6) is 0. The molecule has 0 atom stereocenters. The average molecular weight is 341 g/mol. The van der Waals surface area contributed by atoms with E-state index in [9.17, 15) is 0 Å². The predicted molar refractivity (Wildman–Crippen MR) is 90.3 cm³/mol. The van der Waals surface area contributed by atoms with E-state index >= 15 is 0 Å².